The van der Waals surface area contributed by atoms with E-state index in [-0.39, 0.29) is 26.7 Å². The Labute approximate surface area is 121 Å². The molecule has 3 rings (SSSR count). The Hall–Kier alpha value is -1.62. The topological polar surface area (TPSA) is 64.1 Å². The summed E-state index contributed by atoms with van der Waals surface area (Å²) in [6.07, 6.45) is 2.18. The molecule has 1 N–H and O–H groups in total. The summed E-state index contributed by atoms with van der Waals surface area (Å²) in [6, 6.07) is 11.6. The Kier molecular flexibility index (Phi) is 3.87. The molecule has 1 saturated heterocycles. The number of aromatic nitrogens is 2. The zero-order valence-corrected chi connectivity index (χ0v) is 12.4. The summed E-state index contributed by atoms with van der Waals surface area (Å²) in [6.45, 7) is 0.648. The summed E-state index contributed by atoms with van der Waals surface area (Å²) in [5.74, 6) is 0. The van der Waals surface area contributed by atoms with Gasteiger partial charge in [0.25, 0.3) is 0 Å². The number of benzene rings is 1. The van der Waals surface area contributed by atoms with E-state index < -0.39 is 5.69 Å². The number of rotatable bonds is 3. The SMILES string of the molecule is O=c1ccn([C@@H]2OCC[C@H]2[Se]c2ccccc2)c(=O)[nH]1. The van der Waals surface area contributed by atoms with Crippen LogP contribution in [0, 0.1) is 0 Å². The Morgan fingerprint density at radius 1 is 1.20 bits per heavy atom. The number of nitrogens with one attached hydrogen (secondary N) is 1. The molecular formula is C14H14N2O3Se. The summed E-state index contributed by atoms with van der Waals surface area (Å²) in [5, 5.41) is 0. The van der Waals surface area contributed by atoms with Crippen LogP contribution in [0.5, 0.6) is 0 Å². The van der Waals surface area contributed by atoms with Crippen molar-refractivity contribution in [3.8, 4) is 0 Å². The Morgan fingerprint density at radius 2 is 2.00 bits per heavy atom. The molecule has 2 atom stereocenters. The molecule has 2 aromatic rings. The second-order valence-corrected chi connectivity index (χ2v) is 7.29. The molecule has 1 fully saturated rings. The van der Waals surface area contributed by atoms with Crippen molar-refractivity contribution in [2.45, 2.75) is 17.5 Å². The first kappa shape index (κ1) is 13.4. The van der Waals surface area contributed by atoms with Crippen LogP contribution in [0.4, 0.5) is 0 Å². The van der Waals surface area contributed by atoms with Gasteiger partial charge in [-0.3, -0.25) is 0 Å². The van der Waals surface area contributed by atoms with Crippen LogP contribution in [0.2, 0.25) is 4.82 Å². The molecular weight excluding hydrogens is 323 g/mol. The first-order valence-electron chi connectivity index (χ1n) is 6.39. The number of hydrogen-bond acceptors (Lipinski definition) is 3. The number of nitrogens with zero attached hydrogens (tertiary/aromatic N) is 1. The van der Waals surface area contributed by atoms with Gasteiger partial charge in [0, 0.05) is 0 Å². The molecule has 1 aromatic carbocycles. The fourth-order valence-corrected chi connectivity index (χ4v) is 4.76. The molecule has 2 heterocycles. The molecule has 0 aliphatic carbocycles. The van der Waals surface area contributed by atoms with Gasteiger partial charge >= 0.3 is 121 Å². The summed E-state index contributed by atoms with van der Waals surface area (Å²) >= 11 is 0.234. The normalized spacial score (nSPS) is 22.0. The van der Waals surface area contributed by atoms with Crippen LogP contribution in [-0.4, -0.2) is 31.1 Å². The van der Waals surface area contributed by atoms with E-state index in [0.29, 0.717) is 11.4 Å². The average Bonchev–Trinajstić information content (AvgIpc) is 2.88. The first-order chi connectivity index (χ1) is 9.74. The standard InChI is InChI=1S/C14H14N2O3Se/c17-12-6-8-16(14(18)15-12)13-11(7-9-19-13)20-10-4-2-1-3-5-10/h1-6,8,11,13H,7,9H2,(H,15,17,18)/t11-,13-/m1/s1. The van der Waals surface area contributed by atoms with E-state index in [1.807, 2.05) is 18.2 Å². The first-order valence-corrected chi connectivity index (χ1v) is 8.23. The van der Waals surface area contributed by atoms with E-state index in [1.165, 1.54) is 21.3 Å². The van der Waals surface area contributed by atoms with Gasteiger partial charge in [-0.2, -0.15) is 0 Å². The average molecular weight is 337 g/mol. The van der Waals surface area contributed by atoms with E-state index in [9.17, 15) is 9.59 Å². The van der Waals surface area contributed by atoms with Crippen molar-refractivity contribution in [3.63, 3.8) is 0 Å². The van der Waals surface area contributed by atoms with E-state index in [4.69, 9.17) is 4.74 Å². The predicted molar refractivity (Wildman–Crippen MR) is 76.5 cm³/mol. The molecule has 1 aliphatic heterocycles. The van der Waals surface area contributed by atoms with Crippen molar-refractivity contribution in [2.24, 2.45) is 0 Å². The predicted octanol–water partition coefficient (Wildman–Crippen LogP) is 0.274. The number of ether oxygens (including phenoxy) is 1. The molecule has 20 heavy (non-hydrogen) atoms. The molecule has 1 aliphatic rings. The van der Waals surface area contributed by atoms with Gasteiger partial charge in [0.15, 0.2) is 0 Å². The summed E-state index contributed by atoms with van der Waals surface area (Å²) in [7, 11) is 0. The van der Waals surface area contributed by atoms with Gasteiger partial charge in [-0.05, 0) is 0 Å². The van der Waals surface area contributed by atoms with Crippen molar-refractivity contribution in [1.29, 1.82) is 0 Å². The molecule has 0 spiro atoms. The van der Waals surface area contributed by atoms with E-state index in [0.717, 1.165) is 6.42 Å². The van der Waals surface area contributed by atoms with Gasteiger partial charge in [0.05, 0.1) is 0 Å². The van der Waals surface area contributed by atoms with Crippen molar-refractivity contribution < 1.29 is 4.74 Å². The van der Waals surface area contributed by atoms with Gasteiger partial charge in [0.2, 0.25) is 0 Å². The second kappa shape index (κ2) is 5.79. The van der Waals surface area contributed by atoms with Gasteiger partial charge in [0.1, 0.15) is 0 Å². The monoisotopic (exact) mass is 338 g/mol. The molecule has 5 nitrogen and oxygen atoms in total. The summed E-state index contributed by atoms with van der Waals surface area (Å²) < 4.78 is 8.48. The van der Waals surface area contributed by atoms with Crippen molar-refractivity contribution in [2.75, 3.05) is 6.61 Å². The van der Waals surface area contributed by atoms with Gasteiger partial charge in [-0.15, -0.1) is 0 Å². The maximum atomic E-state index is 11.9. The molecule has 1 aromatic heterocycles. The van der Waals surface area contributed by atoms with E-state index in [2.05, 4.69) is 17.1 Å². The minimum absolute atomic E-state index is 0.234. The van der Waals surface area contributed by atoms with Crippen molar-refractivity contribution >= 4 is 19.4 Å². The number of H-pyrrole nitrogens is 1. The zero-order chi connectivity index (χ0) is 13.9. The fraction of sp³-hybridized carbons (Fsp3) is 0.286. The Balaban J connectivity index is 1.85. The molecule has 0 amide bonds. The van der Waals surface area contributed by atoms with Crippen LogP contribution in [0.1, 0.15) is 12.6 Å². The molecule has 6 heteroatoms. The third-order valence-electron chi connectivity index (χ3n) is 3.17. The van der Waals surface area contributed by atoms with Gasteiger partial charge < -0.3 is 0 Å². The van der Waals surface area contributed by atoms with Gasteiger partial charge in [-0.25, -0.2) is 0 Å². The molecule has 0 unspecified atom stereocenters. The third-order valence-corrected chi connectivity index (χ3v) is 5.93. The number of aromatic amines is 1. The van der Waals surface area contributed by atoms with Crippen LogP contribution < -0.4 is 15.7 Å². The second-order valence-electron chi connectivity index (χ2n) is 4.54. The van der Waals surface area contributed by atoms with Crippen LogP contribution in [-0.2, 0) is 4.74 Å². The summed E-state index contributed by atoms with van der Waals surface area (Å²) in [5.41, 5.74) is -0.785. The quantitative estimate of drug-likeness (QED) is 0.818. The van der Waals surface area contributed by atoms with Gasteiger partial charge in [-0.1, -0.05) is 0 Å². The maximum absolute atomic E-state index is 11.9. The molecule has 0 radical (unpaired) electrons. The molecule has 104 valence electrons. The number of hydrogen-bond donors (Lipinski definition) is 1. The van der Waals surface area contributed by atoms with Crippen LogP contribution >= 0.6 is 0 Å². The molecule has 0 bridgehead atoms. The van der Waals surface area contributed by atoms with Crippen molar-refractivity contribution in [1.82, 2.24) is 9.55 Å². The zero-order valence-electron chi connectivity index (χ0n) is 10.7. The van der Waals surface area contributed by atoms with Crippen LogP contribution in [0.15, 0.2) is 52.2 Å². The molecule has 0 saturated carbocycles. The van der Waals surface area contributed by atoms with E-state index >= 15 is 0 Å². The van der Waals surface area contributed by atoms with E-state index in [1.54, 1.807) is 0 Å². The fourth-order valence-electron chi connectivity index (χ4n) is 2.23. The third kappa shape index (κ3) is 2.77. The summed E-state index contributed by atoms with van der Waals surface area (Å²) in [4.78, 5) is 25.6. The van der Waals surface area contributed by atoms with Crippen molar-refractivity contribution in [3.05, 3.63) is 63.4 Å². The Bertz CT molecular complexity index is 695. The Morgan fingerprint density at radius 3 is 2.75 bits per heavy atom. The minimum atomic E-state index is -0.404. The van der Waals surface area contributed by atoms with Crippen LogP contribution in [0.25, 0.3) is 0 Å². The van der Waals surface area contributed by atoms with Crippen LogP contribution in [0.3, 0.4) is 0 Å².